The first-order valence-corrected chi connectivity index (χ1v) is 8.33. The molecule has 116 valence electrons. The average molecular weight is 291 g/mol. The van der Waals surface area contributed by atoms with Gasteiger partial charge in [-0.25, -0.2) is 4.39 Å². The lowest BCUT2D eigenvalue weighted by atomic mass is 9.85. The minimum atomic E-state index is -0.714. The standard InChI is InChI=1S/C18H26FNO/c1-13(18(21)15-7-3-4-8-16(15)19)12-20-11-10-14-6-2-5-9-17(14)20/h3-4,7-8,13-14,17-18,21H,2,5-6,9-12H2,1H3. The predicted octanol–water partition coefficient (Wildman–Crippen LogP) is 3.76. The number of rotatable bonds is 4. The van der Waals surface area contributed by atoms with Gasteiger partial charge in [-0.05, 0) is 43.7 Å². The van der Waals surface area contributed by atoms with E-state index in [1.807, 2.05) is 6.92 Å². The second kappa shape index (κ2) is 6.45. The Morgan fingerprint density at radius 1 is 1.24 bits per heavy atom. The number of hydrogen-bond donors (Lipinski definition) is 1. The first-order valence-electron chi connectivity index (χ1n) is 8.33. The van der Waals surface area contributed by atoms with Crippen LogP contribution in [-0.2, 0) is 0 Å². The fourth-order valence-electron chi connectivity index (χ4n) is 4.22. The molecule has 2 fully saturated rings. The summed E-state index contributed by atoms with van der Waals surface area (Å²) in [5.41, 5.74) is 0.435. The number of fused-ring (bicyclic) bond motifs is 1. The highest BCUT2D eigenvalue weighted by molar-refractivity contribution is 5.20. The molecule has 0 spiro atoms. The normalized spacial score (nSPS) is 29.1. The Labute approximate surface area is 127 Å². The van der Waals surface area contributed by atoms with Crippen LogP contribution in [0.1, 0.15) is 50.7 Å². The van der Waals surface area contributed by atoms with Crippen LogP contribution in [0.2, 0.25) is 0 Å². The first-order chi connectivity index (χ1) is 10.2. The third kappa shape index (κ3) is 3.14. The van der Waals surface area contributed by atoms with Crippen LogP contribution < -0.4 is 0 Å². The zero-order valence-corrected chi connectivity index (χ0v) is 12.8. The van der Waals surface area contributed by atoms with E-state index in [-0.39, 0.29) is 11.7 Å². The second-order valence-electron chi connectivity index (χ2n) is 6.84. The highest BCUT2D eigenvalue weighted by atomic mass is 19.1. The van der Waals surface area contributed by atoms with Gasteiger partial charge in [-0.1, -0.05) is 38.0 Å². The van der Waals surface area contributed by atoms with Gasteiger partial charge in [-0.3, -0.25) is 4.90 Å². The molecule has 1 aromatic rings. The number of nitrogens with zero attached hydrogens (tertiary/aromatic N) is 1. The predicted molar refractivity (Wildman–Crippen MR) is 82.5 cm³/mol. The average Bonchev–Trinajstić information content (AvgIpc) is 2.90. The van der Waals surface area contributed by atoms with Crippen LogP contribution in [0.25, 0.3) is 0 Å². The molecule has 1 saturated carbocycles. The van der Waals surface area contributed by atoms with Gasteiger partial charge in [0, 0.05) is 18.2 Å². The number of likely N-dealkylation sites (tertiary alicyclic amines) is 1. The van der Waals surface area contributed by atoms with E-state index >= 15 is 0 Å². The molecule has 1 N–H and O–H groups in total. The smallest absolute Gasteiger partial charge is 0.129 e. The molecule has 2 nitrogen and oxygen atoms in total. The number of benzene rings is 1. The molecule has 4 unspecified atom stereocenters. The summed E-state index contributed by atoms with van der Waals surface area (Å²) in [6.45, 7) is 4.05. The van der Waals surface area contributed by atoms with Gasteiger partial charge in [0.25, 0.3) is 0 Å². The summed E-state index contributed by atoms with van der Waals surface area (Å²) in [5, 5.41) is 10.5. The van der Waals surface area contributed by atoms with Crippen LogP contribution >= 0.6 is 0 Å². The molecule has 1 aliphatic heterocycles. The van der Waals surface area contributed by atoms with Gasteiger partial charge in [0.05, 0.1) is 6.10 Å². The quantitative estimate of drug-likeness (QED) is 0.913. The zero-order chi connectivity index (χ0) is 14.8. The third-order valence-electron chi connectivity index (χ3n) is 5.41. The van der Waals surface area contributed by atoms with Crippen LogP contribution in [0.3, 0.4) is 0 Å². The molecule has 3 rings (SSSR count). The summed E-state index contributed by atoms with van der Waals surface area (Å²) in [6, 6.07) is 7.29. The van der Waals surface area contributed by atoms with Gasteiger partial charge in [0.1, 0.15) is 5.82 Å². The van der Waals surface area contributed by atoms with Gasteiger partial charge in [-0.2, -0.15) is 0 Å². The fourth-order valence-corrected chi connectivity index (χ4v) is 4.22. The molecule has 2 aliphatic rings. The number of halogens is 1. The molecular weight excluding hydrogens is 265 g/mol. The highest BCUT2D eigenvalue weighted by Gasteiger charge is 2.36. The van der Waals surface area contributed by atoms with Gasteiger partial charge in [0.2, 0.25) is 0 Å². The van der Waals surface area contributed by atoms with Crippen LogP contribution in [0.4, 0.5) is 4.39 Å². The van der Waals surface area contributed by atoms with E-state index in [0.29, 0.717) is 11.6 Å². The molecule has 3 heteroatoms. The Morgan fingerprint density at radius 2 is 2.00 bits per heavy atom. The van der Waals surface area contributed by atoms with E-state index < -0.39 is 6.10 Å². The molecule has 4 atom stereocenters. The minimum Gasteiger partial charge on any atom is -0.388 e. The summed E-state index contributed by atoms with van der Waals surface area (Å²) >= 11 is 0. The van der Waals surface area contributed by atoms with E-state index in [1.165, 1.54) is 38.2 Å². The lowest BCUT2D eigenvalue weighted by Crippen LogP contribution is -2.38. The van der Waals surface area contributed by atoms with Crippen molar-refractivity contribution in [3.05, 3.63) is 35.6 Å². The molecule has 0 radical (unpaired) electrons. The first kappa shape index (κ1) is 15.0. The molecule has 1 aliphatic carbocycles. The molecule has 0 amide bonds. The Morgan fingerprint density at radius 3 is 2.81 bits per heavy atom. The largest absolute Gasteiger partial charge is 0.388 e. The zero-order valence-electron chi connectivity index (χ0n) is 12.8. The van der Waals surface area contributed by atoms with Gasteiger partial charge in [-0.15, -0.1) is 0 Å². The summed E-state index contributed by atoms with van der Waals surface area (Å²) < 4.78 is 13.8. The monoisotopic (exact) mass is 291 g/mol. The van der Waals surface area contributed by atoms with E-state index in [1.54, 1.807) is 18.2 Å². The van der Waals surface area contributed by atoms with Crippen molar-refractivity contribution in [1.82, 2.24) is 4.90 Å². The van der Waals surface area contributed by atoms with Crippen molar-refractivity contribution < 1.29 is 9.50 Å². The fraction of sp³-hybridized carbons (Fsp3) is 0.667. The SMILES string of the molecule is CC(CN1CCC2CCCCC21)C(O)c1ccccc1F. The molecule has 21 heavy (non-hydrogen) atoms. The lowest BCUT2D eigenvalue weighted by molar-refractivity contribution is 0.0728. The van der Waals surface area contributed by atoms with Gasteiger partial charge >= 0.3 is 0 Å². The molecular formula is C18H26FNO. The van der Waals surface area contributed by atoms with E-state index in [0.717, 1.165) is 19.0 Å². The molecule has 1 saturated heterocycles. The number of aliphatic hydroxyl groups is 1. The van der Waals surface area contributed by atoms with Crippen LogP contribution in [0.15, 0.2) is 24.3 Å². The number of aliphatic hydroxyl groups excluding tert-OH is 1. The maximum Gasteiger partial charge on any atom is 0.129 e. The highest BCUT2D eigenvalue weighted by Crippen LogP contribution is 2.37. The third-order valence-corrected chi connectivity index (χ3v) is 5.41. The van der Waals surface area contributed by atoms with Crippen LogP contribution in [0.5, 0.6) is 0 Å². The van der Waals surface area contributed by atoms with Crippen molar-refractivity contribution >= 4 is 0 Å². The van der Waals surface area contributed by atoms with Crippen molar-refractivity contribution in [3.63, 3.8) is 0 Å². The van der Waals surface area contributed by atoms with E-state index in [2.05, 4.69) is 4.90 Å². The summed E-state index contributed by atoms with van der Waals surface area (Å²) in [5.74, 6) is 0.618. The Hall–Kier alpha value is -0.930. The minimum absolute atomic E-state index is 0.0579. The van der Waals surface area contributed by atoms with Gasteiger partial charge < -0.3 is 5.11 Å². The van der Waals surface area contributed by atoms with E-state index in [4.69, 9.17) is 0 Å². The molecule has 0 aromatic heterocycles. The maximum absolute atomic E-state index is 13.8. The number of hydrogen-bond acceptors (Lipinski definition) is 2. The Bertz CT molecular complexity index is 478. The molecule has 1 heterocycles. The summed E-state index contributed by atoms with van der Waals surface area (Å²) in [4.78, 5) is 2.54. The Balaban J connectivity index is 1.63. The van der Waals surface area contributed by atoms with Crippen molar-refractivity contribution in [2.24, 2.45) is 11.8 Å². The maximum atomic E-state index is 13.8. The molecule has 0 bridgehead atoms. The van der Waals surface area contributed by atoms with Crippen molar-refractivity contribution in [2.75, 3.05) is 13.1 Å². The van der Waals surface area contributed by atoms with Crippen molar-refractivity contribution in [1.29, 1.82) is 0 Å². The Kier molecular flexibility index (Phi) is 4.60. The van der Waals surface area contributed by atoms with Crippen molar-refractivity contribution in [3.8, 4) is 0 Å². The molecule has 1 aromatic carbocycles. The second-order valence-corrected chi connectivity index (χ2v) is 6.84. The summed E-state index contributed by atoms with van der Waals surface area (Å²) in [7, 11) is 0. The topological polar surface area (TPSA) is 23.5 Å². The lowest BCUT2D eigenvalue weighted by Gasteiger charge is -2.34. The van der Waals surface area contributed by atoms with Gasteiger partial charge in [0.15, 0.2) is 0 Å². The van der Waals surface area contributed by atoms with E-state index in [9.17, 15) is 9.50 Å². The van der Waals surface area contributed by atoms with Crippen LogP contribution in [0, 0.1) is 17.7 Å². The van der Waals surface area contributed by atoms with Crippen molar-refractivity contribution in [2.45, 2.75) is 51.2 Å². The summed E-state index contributed by atoms with van der Waals surface area (Å²) in [6.07, 6.45) is 5.96. The van der Waals surface area contributed by atoms with Crippen LogP contribution in [-0.4, -0.2) is 29.1 Å².